The summed E-state index contributed by atoms with van der Waals surface area (Å²) < 4.78 is 46.7. The molecule has 3 heteroatoms. The number of carbonyl (C=O) groups excluding carboxylic acids is 1. The Balaban J connectivity index is 1.62. The minimum absolute atomic E-state index is 0.0422. The van der Waals surface area contributed by atoms with E-state index in [4.69, 9.17) is 8.22 Å². The molecule has 3 saturated carbocycles. The molecule has 3 fully saturated rings. The second-order valence-corrected chi connectivity index (χ2v) is 10.2. The molecule has 0 amide bonds. The standard InChI is InChI=1S/C29H35NO2/c1-5-15-29(32)16-14-26-24-12-8-20-17-22(31)11-13-23(20)27(24)25(18-28(26,29)2)19-6-9-21(10-7-19)30(3)4/h6-10,24-26,32H,11-14,16-18H2,1-4H3/t24-,25+,26-,28-,29-/m0/s1/i3D3,4D3. The minimum atomic E-state index is -2.81. The molecule has 5 atom stereocenters. The summed E-state index contributed by atoms with van der Waals surface area (Å²) in [6.07, 6.45) is 6.99. The molecule has 4 aliphatic rings. The lowest BCUT2D eigenvalue weighted by molar-refractivity contribution is -0.118. The summed E-state index contributed by atoms with van der Waals surface area (Å²) in [6, 6.07) is 6.84. The van der Waals surface area contributed by atoms with Gasteiger partial charge >= 0.3 is 0 Å². The molecule has 0 aromatic heterocycles. The molecule has 32 heavy (non-hydrogen) atoms. The van der Waals surface area contributed by atoms with Gasteiger partial charge < -0.3 is 10.0 Å². The van der Waals surface area contributed by atoms with Gasteiger partial charge in [-0.25, -0.2) is 0 Å². The number of carbonyl (C=O) groups is 1. The fourth-order valence-electron chi connectivity index (χ4n) is 7.17. The lowest BCUT2D eigenvalue weighted by Gasteiger charge is -2.53. The number of fused-ring (bicyclic) bond motifs is 4. The molecule has 0 heterocycles. The third-order valence-corrected chi connectivity index (χ3v) is 8.75. The van der Waals surface area contributed by atoms with Gasteiger partial charge in [0.05, 0.1) is 0 Å². The Morgan fingerprint density at radius 1 is 1.22 bits per heavy atom. The summed E-state index contributed by atoms with van der Waals surface area (Å²) in [7, 11) is 0. The quantitative estimate of drug-likeness (QED) is 0.632. The molecule has 1 aromatic rings. The smallest absolute Gasteiger partial charge is 0.137 e. The van der Waals surface area contributed by atoms with E-state index in [2.05, 4.69) is 24.8 Å². The first-order valence-corrected chi connectivity index (χ1v) is 11.7. The third-order valence-electron chi connectivity index (χ3n) is 8.75. The van der Waals surface area contributed by atoms with Gasteiger partial charge in [-0.3, -0.25) is 4.79 Å². The Morgan fingerprint density at radius 3 is 2.72 bits per heavy atom. The summed E-state index contributed by atoms with van der Waals surface area (Å²) in [5, 5.41) is 11.8. The zero-order valence-electron chi connectivity index (χ0n) is 24.9. The van der Waals surface area contributed by atoms with Crippen molar-refractivity contribution >= 4 is 11.5 Å². The van der Waals surface area contributed by atoms with Crippen LogP contribution < -0.4 is 4.90 Å². The third kappa shape index (κ3) is 3.11. The van der Waals surface area contributed by atoms with Crippen LogP contribution in [0.15, 0.2) is 47.1 Å². The average Bonchev–Trinajstić information content (AvgIpc) is 3.07. The van der Waals surface area contributed by atoms with Crippen molar-refractivity contribution in [3.63, 3.8) is 0 Å². The predicted octanol–water partition coefficient (Wildman–Crippen LogP) is 5.41. The van der Waals surface area contributed by atoms with E-state index in [1.165, 1.54) is 11.1 Å². The lowest BCUT2D eigenvalue weighted by atomic mass is 9.51. The van der Waals surface area contributed by atoms with Gasteiger partial charge in [-0.05, 0) is 79.7 Å². The van der Waals surface area contributed by atoms with Gasteiger partial charge in [0.2, 0.25) is 0 Å². The number of benzene rings is 1. The molecular weight excluding hydrogens is 394 g/mol. The molecule has 1 aromatic carbocycles. The van der Waals surface area contributed by atoms with Crippen molar-refractivity contribution in [1.29, 1.82) is 0 Å². The van der Waals surface area contributed by atoms with Crippen LogP contribution in [0.3, 0.4) is 0 Å². The van der Waals surface area contributed by atoms with Crippen LogP contribution in [-0.4, -0.2) is 30.4 Å². The maximum Gasteiger partial charge on any atom is 0.137 e. The number of ketones is 1. The largest absolute Gasteiger partial charge is 0.378 e. The first-order chi connectivity index (χ1) is 17.7. The number of rotatable bonds is 2. The van der Waals surface area contributed by atoms with Crippen molar-refractivity contribution in [2.24, 2.45) is 17.3 Å². The highest BCUT2D eigenvalue weighted by atomic mass is 16.3. The average molecular weight is 436 g/mol. The Hall–Kier alpha value is -2.31. The van der Waals surface area contributed by atoms with E-state index < -0.39 is 25.0 Å². The first-order valence-electron chi connectivity index (χ1n) is 14.7. The van der Waals surface area contributed by atoms with Crippen LogP contribution in [0, 0.1) is 29.1 Å². The van der Waals surface area contributed by atoms with E-state index >= 15 is 0 Å². The maximum absolute atomic E-state index is 12.3. The molecule has 0 bridgehead atoms. The second-order valence-electron chi connectivity index (χ2n) is 10.2. The molecule has 0 radical (unpaired) electrons. The van der Waals surface area contributed by atoms with Crippen LogP contribution in [0.1, 0.15) is 78.5 Å². The number of anilines is 1. The molecule has 0 aliphatic heterocycles. The Kier molecular flexibility index (Phi) is 3.70. The maximum atomic E-state index is 12.3. The zero-order chi connectivity index (χ0) is 27.7. The number of allylic oxidation sites excluding steroid dienone is 4. The molecule has 5 rings (SSSR count). The van der Waals surface area contributed by atoms with Crippen LogP contribution in [0.2, 0.25) is 0 Å². The van der Waals surface area contributed by atoms with E-state index in [9.17, 15) is 9.90 Å². The molecule has 0 spiro atoms. The van der Waals surface area contributed by atoms with Crippen molar-refractivity contribution in [3.8, 4) is 11.8 Å². The summed E-state index contributed by atoms with van der Waals surface area (Å²) in [5.74, 6) is 6.83. The monoisotopic (exact) mass is 435 g/mol. The molecule has 4 aliphatic carbocycles. The number of Topliss-reactive ketones (excluding diaryl/α,β-unsaturated/α-hetero) is 1. The van der Waals surface area contributed by atoms with E-state index in [1.807, 2.05) is 12.1 Å². The van der Waals surface area contributed by atoms with Crippen LogP contribution >= 0.6 is 0 Å². The van der Waals surface area contributed by atoms with Crippen molar-refractivity contribution in [1.82, 2.24) is 0 Å². The lowest BCUT2D eigenvalue weighted by Crippen LogP contribution is -2.50. The van der Waals surface area contributed by atoms with Crippen LogP contribution in [0.25, 0.3) is 0 Å². The highest BCUT2D eigenvalue weighted by Crippen LogP contribution is 2.66. The number of hydrogen-bond acceptors (Lipinski definition) is 3. The van der Waals surface area contributed by atoms with Gasteiger partial charge in [0.15, 0.2) is 0 Å². The number of aliphatic hydroxyl groups is 1. The van der Waals surface area contributed by atoms with Gasteiger partial charge in [0.25, 0.3) is 0 Å². The SMILES string of the molecule is [2H]C([2H])([2H])N(c1ccc([C@H]2C[C@@]3(C)[C@@H](CC[C@@]3(O)C#CC)[C@@H]3CC=C4CC(=O)CCC4=C32)cc1)C([2H])([2H])[2H]. The normalized spacial score (nSPS) is 39.4. The Morgan fingerprint density at radius 2 is 2.00 bits per heavy atom. The number of nitrogens with zero attached hydrogens (tertiary/aromatic N) is 1. The molecular formula is C29H35NO2. The van der Waals surface area contributed by atoms with Gasteiger partial charge in [0.1, 0.15) is 11.4 Å². The molecule has 0 unspecified atom stereocenters. The Bertz CT molecular complexity index is 1250. The summed E-state index contributed by atoms with van der Waals surface area (Å²) in [6.45, 7) is -1.71. The number of hydrogen-bond donors (Lipinski definition) is 1. The Labute approximate surface area is 201 Å². The van der Waals surface area contributed by atoms with Gasteiger partial charge in [0, 0.05) is 52.0 Å². The molecule has 168 valence electrons. The second kappa shape index (κ2) is 7.63. The van der Waals surface area contributed by atoms with E-state index in [0.717, 1.165) is 30.4 Å². The van der Waals surface area contributed by atoms with Gasteiger partial charge in [-0.2, -0.15) is 0 Å². The van der Waals surface area contributed by atoms with Crippen molar-refractivity contribution < 1.29 is 18.1 Å². The summed E-state index contributed by atoms with van der Waals surface area (Å²) >= 11 is 0. The van der Waals surface area contributed by atoms with E-state index in [-0.39, 0.29) is 29.2 Å². The highest BCUT2D eigenvalue weighted by Gasteiger charge is 2.62. The highest BCUT2D eigenvalue weighted by molar-refractivity contribution is 5.84. The van der Waals surface area contributed by atoms with Gasteiger partial charge in [-0.1, -0.05) is 36.6 Å². The fourth-order valence-corrected chi connectivity index (χ4v) is 7.17. The summed E-state index contributed by atoms with van der Waals surface area (Å²) in [4.78, 5) is 12.8. The van der Waals surface area contributed by atoms with Crippen LogP contribution in [-0.2, 0) is 4.79 Å². The molecule has 0 saturated heterocycles. The molecule has 3 nitrogen and oxygen atoms in total. The minimum Gasteiger partial charge on any atom is -0.378 e. The fraction of sp³-hybridized carbons (Fsp3) is 0.552. The zero-order valence-corrected chi connectivity index (χ0v) is 18.9. The van der Waals surface area contributed by atoms with Crippen LogP contribution in [0.4, 0.5) is 5.69 Å². The van der Waals surface area contributed by atoms with E-state index in [0.29, 0.717) is 30.6 Å². The molecule has 1 N–H and O–H groups in total. The summed E-state index contributed by atoms with van der Waals surface area (Å²) in [5.41, 5.74) is 3.32. The van der Waals surface area contributed by atoms with Gasteiger partial charge in [-0.15, -0.1) is 5.92 Å². The predicted molar refractivity (Wildman–Crippen MR) is 129 cm³/mol. The topological polar surface area (TPSA) is 40.5 Å². The van der Waals surface area contributed by atoms with Crippen molar-refractivity contribution in [2.75, 3.05) is 18.9 Å². The van der Waals surface area contributed by atoms with Crippen molar-refractivity contribution in [3.05, 3.63) is 52.6 Å². The van der Waals surface area contributed by atoms with Crippen molar-refractivity contribution in [2.45, 2.75) is 70.3 Å². The van der Waals surface area contributed by atoms with E-state index in [1.54, 1.807) is 19.1 Å². The first kappa shape index (κ1) is 15.5. The van der Waals surface area contributed by atoms with Crippen LogP contribution in [0.5, 0.6) is 0 Å².